The van der Waals surface area contributed by atoms with E-state index in [1.807, 2.05) is 30.3 Å². The number of amides is 1. The van der Waals surface area contributed by atoms with Gasteiger partial charge in [-0.1, -0.05) is 79.9 Å². The van der Waals surface area contributed by atoms with Crippen molar-refractivity contribution in [1.82, 2.24) is 15.2 Å². The Labute approximate surface area is 186 Å². The van der Waals surface area contributed by atoms with Crippen LogP contribution in [-0.2, 0) is 11.2 Å². The number of carbonyl (C=O) groups excluding carboxylic acids is 2. The van der Waals surface area contributed by atoms with Crippen molar-refractivity contribution < 1.29 is 9.59 Å². The summed E-state index contributed by atoms with van der Waals surface area (Å²) in [4.78, 5) is 29.5. The number of aromatic nitrogens is 3. The molecule has 0 saturated heterocycles. The molecule has 1 aromatic heterocycles. The summed E-state index contributed by atoms with van der Waals surface area (Å²) in [6, 6.07) is 16.6. The van der Waals surface area contributed by atoms with Gasteiger partial charge in [0, 0.05) is 17.7 Å². The van der Waals surface area contributed by atoms with Gasteiger partial charge in [0.25, 0.3) is 0 Å². The predicted molar refractivity (Wildman–Crippen MR) is 122 cm³/mol. The van der Waals surface area contributed by atoms with Gasteiger partial charge in [-0.05, 0) is 30.5 Å². The molecule has 4 rings (SSSR count). The summed E-state index contributed by atoms with van der Waals surface area (Å²) in [5.41, 5.74) is 2.03. The number of carbonyl (C=O) groups is 2. The first kappa shape index (κ1) is 21.3. The number of H-pyrrole nitrogens is 1. The Morgan fingerprint density at radius 1 is 1.13 bits per heavy atom. The number of nitrogens with zero attached hydrogens (tertiary/aromatic N) is 2. The third-order valence-corrected chi connectivity index (χ3v) is 6.68. The van der Waals surface area contributed by atoms with Crippen LogP contribution in [0.5, 0.6) is 0 Å². The monoisotopic (exact) mass is 434 g/mol. The molecule has 0 bridgehead atoms. The Bertz CT molecular complexity index is 1040. The zero-order valence-corrected chi connectivity index (χ0v) is 18.3. The van der Waals surface area contributed by atoms with E-state index in [0.29, 0.717) is 22.3 Å². The lowest BCUT2D eigenvalue weighted by Gasteiger charge is -2.16. The first-order valence-electron chi connectivity index (χ1n) is 10.6. The van der Waals surface area contributed by atoms with Crippen LogP contribution in [0.3, 0.4) is 0 Å². The van der Waals surface area contributed by atoms with Crippen LogP contribution < -0.4 is 5.32 Å². The minimum absolute atomic E-state index is 0.0411. The van der Waals surface area contributed by atoms with Crippen LogP contribution in [-0.4, -0.2) is 26.9 Å². The third-order valence-electron chi connectivity index (χ3n) is 5.57. The summed E-state index contributed by atoms with van der Waals surface area (Å²) in [5.74, 6) is 1.34. The van der Waals surface area contributed by atoms with Gasteiger partial charge >= 0.3 is 0 Å². The van der Waals surface area contributed by atoms with E-state index in [4.69, 9.17) is 0 Å². The first-order valence-corrected chi connectivity index (χ1v) is 11.5. The number of thioether (sulfide) groups is 1. The molecular formula is C24H26N4O2S. The van der Waals surface area contributed by atoms with Crippen LogP contribution in [0, 0.1) is 5.92 Å². The molecule has 1 fully saturated rings. The standard InChI is InChI=1S/C24H26N4O2S/c1-16(29)19-12-7-13-20(15-19)25-23(30)22(18-10-3-2-4-11-18)31-24-26-21(27-28-24)14-17-8-5-6-9-17/h2-4,7,10-13,15,17,22H,5-6,8-9,14H2,1H3,(H,25,30)(H,26,27,28). The van der Waals surface area contributed by atoms with E-state index in [1.54, 1.807) is 24.3 Å². The fraction of sp³-hybridized carbons (Fsp3) is 0.333. The lowest BCUT2D eigenvalue weighted by Crippen LogP contribution is -2.19. The average Bonchev–Trinajstić information content (AvgIpc) is 3.45. The number of nitrogens with one attached hydrogen (secondary N) is 2. The van der Waals surface area contributed by atoms with Crippen molar-refractivity contribution >= 4 is 29.1 Å². The average molecular weight is 435 g/mol. The Morgan fingerprint density at radius 3 is 2.65 bits per heavy atom. The molecule has 1 saturated carbocycles. The maximum atomic E-state index is 13.2. The zero-order chi connectivity index (χ0) is 21.6. The molecule has 2 N–H and O–H groups in total. The van der Waals surface area contributed by atoms with Crippen LogP contribution in [0.25, 0.3) is 0 Å². The number of hydrogen-bond donors (Lipinski definition) is 2. The molecule has 0 spiro atoms. The molecule has 6 nitrogen and oxygen atoms in total. The second-order valence-corrected chi connectivity index (χ2v) is 9.03. The van der Waals surface area contributed by atoms with Crippen molar-refractivity contribution in [3.63, 3.8) is 0 Å². The highest BCUT2D eigenvalue weighted by molar-refractivity contribution is 8.00. The predicted octanol–water partition coefficient (Wildman–Crippen LogP) is 5.21. The van der Waals surface area contributed by atoms with Crippen molar-refractivity contribution in [2.24, 2.45) is 5.92 Å². The summed E-state index contributed by atoms with van der Waals surface area (Å²) in [7, 11) is 0. The molecule has 31 heavy (non-hydrogen) atoms. The third kappa shape index (κ3) is 5.61. The Morgan fingerprint density at radius 2 is 1.90 bits per heavy atom. The summed E-state index contributed by atoms with van der Waals surface area (Å²) in [5, 5.41) is 10.4. The minimum Gasteiger partial charge on any atom is -0.325 e. The number of rotatable bonds is 8. The first-order chi connectivity index (χ1) is 15.1. The smallest absolute Gasteiger partial charge is 0.242 e. The summed E-state index contributed by atoms with van der Waals surface area (Å²) < 4.78 is 0. The van der Waals surface area contributed by atoms with E-state index in [-0.39, 0.29) is 11.7 Å². The second kappa shape index (κ2) is 9.92. The van der Waals surface area contributed by atoms with Gasteiger partial charge in [0.05, 0.1) is 0 Å². The van der Waals surface area contributed by atoms with Crippen LogP contribution in [0.4, 0.5) is 5.69 Å². The van der Waals surface area contributed by atoms with Crippen LogP contribution in [0.1, 0.15) is 59.6 Å². The Kier molecular flexibility index (Phi) is 6.82. The highest BCUT2D eigenvalue weighted by Gasteiger charge is 2.25. The fourth-order valence-electron chi connectivity index (χ4n) is 3.94. The molecule has 1 aliphatic carbocycles. The summed E-state index contributed by atoms with van der Waals surface area (Å²) >= 11 is 1.33. The largest absolute Gasteiger partial charge is 0.325 e. The quantitative estimate of drug-likeness (QED) is 0.375. The van der Waals surface area contributed by atoms with E-state index in [2.05, 4.69) is 20.5 Å². The number of benzene rings is 2. The van der Waals surface area contributed by atoms with E-state index in [0.717, 1.165) is 17.8 Å². The van der Waals surface area contributed by atoms with E-state index >= 15 is 0 Å². The number of aromatic amines is 1. The molecule has 1 unspecified atom stereocenters. The molecular weight excluding hydrogens is 408 g/mol. The second-order valence-electron chi connectivity index (χ2n) is 7.95. The number of hydrogen-bond acceptors (Lipinski definition) is 5. The van der Waals surface area contributed by atoms with Gasteiger partial charge in [-0.3, -0.25) is 14.7 Å². The van der Waals surface area contributed by atoms with Gasteiger partial charge in [0.1, 0.15) is 11.1 Å². The van der Waals surface area contributed by atoms with Gasteiger partial charge in [0.15, 0.2) is 5.78 Å². The number of Topliss-reactive ketones (excluding diaryl/α,β-unsaturated/α-hetero) is 1. The molecule has 7 heteroatoms. The minimum atomic E-state index is -0.516. The van der Waals surface area contributed by atoms with Crippen LogP contribution in [0.15, 0.2) is 59.8 Å². The molecule has 160 valence electrons. The zero-order valence-electron chi connectivity index (χ0n) is 17.5. The van der Waals surface area contributed by atoms with Crippen LogP contribution in [0.2, 0.25) is 0 Å². The fourth-order valence-corrected chi connectivity index (χ4v) is 4.87. The van der Waals surface area contributed by atoms with E-state index < -0.39 is 5.25 Å². The summed E-state index contributed by atoms with van der Waals surface area (Å²) in [6.07, 6.45) is 5.99. The van der Waals surface area contributed by atoms with Crippen molar-refractivity contribution in [2.45, 2.75) is 49.4 Å². The lowest BCUT2D eigenvalue weighted by molar-refractivity contribution is -0.115. The van der Waals surface area contributed by atoms with Gasteiger partial charge in [0.2, 0.25) is 11.1 Å². The topological polar surface area (TPSA) is 87.7 Å². The van der Waals surface area contributed by atoms with Crippen molar-refractivity contribution in [3.8, 4) is 0 Å². The highest BCUT2D eigenvalue weighted by Crippen LogP contribution is 2.35. The molecule has 1 aliphatic rings. The van der Waals surface area contributed by atoms with Crippen LogP contribution >= 0.6 is 11.8 Å². The maximum absolute atomic E-state index is 13.2. The van der Waals surface area contributed by atoms with E-state index in [9.17, 15) is 9.59 Å². The molecule has 1 amide bonds. The van der Waals surface area contributed by atoms with Crippen molar-refractivity contribution in [3.05, 3.63) is 71.5 Å². The Balaban J connectivity index is 1.51. The lowest BCUT2D eigenvalue weighted by atomic mass is 10.0. The normalized spacial score (nSPS) is 15.0. The van der Waals surface area contributed by atoms with Crippen molar-refractivity contribution in [1.29, 1.82) is 0 Å². The molecule has 1 atom stereocenters. The molecule has 3 aromatic rings. The highest BCUT2D eigenvalue weighted by atomic mass is 32.2. The Hall–Kier alpha value is -2.93. The van der Waals surface area contributed by atoms with Crippen molar-refractivity contribution in [2.75, 3.05) is 5.32 Å². The van der Waals surface area contributed by atoms with Gasteiger partial charge in [-0.2, -0.15) is 0 Å². The van der Waals surface area contributed by atoms with Gasteiger partial charge < -0.3 is 5.32 Å². The molecule has 2 aromatic carbocycles. The molecule has 1 heterocycles. The molecule has 0 aliphatic heterocycles. The molecule has 0 radical (unpaired) electrons. The number of anilines is 1. The van der Waals surface area contributed by atoms with Gasteiger partial charge in [-0.15, -0.1) is 5.10 Å². The maximum Gasteiger partial charge on any atom is 0.242 e. The SMILES string of the molecule is CC(=O)c1cccc(NC(=O)C(Sc2n[nH]c(CC3CCCC3)n2)c2ccccc2)c1. The summed E-state index contributed by atoms with van der Waals surface area (Å²) in [6.45, 7) is 1.51. The number of ketones is 1. The van der Waals surface area contributed by atoms with E-state index in [1.165, 1.54) is 44.4 Å². The van der Waals surface area contributed by atoms with Gasteiger partial charge in [-0.25, -0.2) is 4.98 Å².